The molecule has 1 N–H and O–H groups in total. The number of rotatable bonds is 7. The van der Waals surface area contributed by atoms with Crippen LogP contribution in [0.2, 0.25) is 0 Å². The van der Waals surface area contributed by atoms with Gasteiger partial charge in [-0.15, -0.1) is 0 Å². The monoisotopic (exact) mass is 461 g/mol. The molecule has 7 heteroatoms. The molecule has 0 radical (unpaired) electrons. The first-order chi connectivity index (χ1) is 16.4. The van der Waals surface area contributed by atoms with Crippen molar-refractivity contribution in [3.8, 4) is 11.5 Å². The summed E-state index contributed by atoms with van der Waals surface area (Å²) in [7, 11) is 3.13. The number of ether oxygens (including phenoxy) is 2. The number of carbonyl (C=O) groups is 2. The zero-order chi connectivity index (χ0) is 24.2. The van der Waals surface area contributed by atoms with Gasteiger partial charge in [-0.2, -0.15) is 0 Å². The number of likely N-dealkylation sites (tertiary alicyclic amines) is 1. The Hall–Kier alpha value is -4.13. The number of Topliss-reactive ketones (excluding diaryl/α,β-unsaturated/α-hetero) is 1. The maximum Gasteiger partial charge on any atom is 0.295 e. The van der Waals surface area contributed by atoms with Crippen molar-refractivity contribution in [3.05, 3.63) is 101 Å². The van der Waals surface area contributed by atoms with E-state index in [0.29, 0.717) is 17.7 Å². The number of aliphatic hydroxyl groups excluding tert-OH is 1. The molecule has 0 aliphatic carbocycles. The lowest BCUT2D eigenvalue weighted by Crippen LogP contribution is -2.31. The second-order valence-electron chi connectivity index (χ2n) is 7.87. The number of ketones is 1. The highest BCUT2D eigenvalue weighted by Gasteiger charge is 2.45. The third-order valence-electron chi connectivity index (χ3n) is 5.89. The Balaban J connectivity index is 1.73. The number of amides is 1. The van der Waals surface area contributed by atoms with Crippen LogP contribution in [0.3, 0.4) is 0 Å². The molecule has 1 heterocycles. The molecule has 34 heavy (non-hydrogen) atoms. The van der Waals surface area contributed by atoms with E-state index >= 15 is 0 Å². The highest BCUT2D eigenvalue weighted by molar-refractivity contribution is 6.46. The predicted molar refractivity (Wildman–Crippen MR) is 125 cm³/mol. The molecule has 0 aromatic heterocycles. The maximum absolute atomic E-state index is 13.4. The van der Waals surface area contributed by atoms with Gasteiger partial charge in [-0.05, 0) is 66.1 Å². The molecule has 1 fully saturated rings. The van der Waals surface area contributed by atoms with Crippen molar-refractivity contribution in [2.75, 3.05) is 20.8 Å². The average Bonchev–Trinajstić information content (AvgIpc) is 3.12. The smallest absolute Gasteiger partial charge is 0.295 e. The average molecular weight is 461 g/mol. The van der Waals surface area contributed by atoms with E-state index in [1.165, 1.54) is 29.2 Å². The van der Waals surface area contributed by atoms with Crippen molar-refractivity contribution in [2.45, 2.75) is 12.5 Å². The van der Waals surface area contributed by atoms with E-state index in [1.807, 2.05) is 24.3 Å². The van der Waals surface area contributed by atoms with Crippen LogP contribution in [0, 0.1) is 5.82 Å². The van der Waals surface area contributed by atoms with Gasteiger partial charge in [-0.25, -0.2) is 4.39 Å². The molecular weight excluding hydrogens is 437 g/mol. The molecule has 1 atom stereocenters. The van der Waals surface area contributed by atoms with Gasteiger partial charge >= 0.3 is 0 Å². The van der Waals surface area contributed by atoms with Crippen molar-refractivity contribution in [1.82, 2.24) is 4.90 Å². The van der Waals surface area contributed by atoms with Crippen LogP contribution < -0.4 is 9.47 Å². The first-order valence-corrected chi connectivity index (χ1v) is 10.7. The van der Waals surface area contributed by atoms with Gasteiger partial charge < -0.3 is 19.5 Å². The van der Waals surface area contributed by atoms with E-state index in [0.717, 1.165) is 11.3 Å². The highest BCUT2D eigenvalue weighted by atomic mass is 19.1. The summed E-state index contributed by atoms with van der Waals surface area (Å²) in [6, 6.07) is 18.8. The molecule has 4 rings (SSSR count). The molecule has 1 aliphatic heterocycles. The maximum atomic E-state index is 13.4. The molecule has 6 nitrogen and oxygen atoms in total. The van der Waals surface area contributed by atoms with Crippen LogP contribution in [0.25, 0.3) is 5.76 Å². The lowest BCUT2D eigenvalue weighted by atomic mass is 9.95. The Kier molecular flexibility index (Phi) is 6.63. The molecule has 174 valence electrons. The van der Waals surface area contributed by atoms with Crippen molar-refractivity contribution < 1.29 is 28.6 Å². The minimum atomic E-state index is -0.797. The first kappa shape index (κ1) is 23.0. The van der Waals surface area contributed by atoms with E-state index < -0.39 is 23.5 Å². The number of hydrogen-bond donors (Lipinski definition) is 1. The summed E-state index contributed by atoms with van der Waals surface area (Å²) in [5.74, 6) is -0.941. The van der Waals surface area contributed by atoms with Gasteiger partial charge in [0.1, 0.15) is 23.1 Å². The summed E-state index contributed by atoms with van der Waals surface area (Å²) in [5, 5.41) is 11.0. The fourth-order valence-corrected chi connectivity index (χ4v) is 4.05. The number of halogens is 1. The Labute approximate surface area is 196 Å². The van der Waals surface area contributed by atoms with Gasteiger partial charge in [-0.1, -0.05) is 24.3 Å². The number of aliphatic hydroxyl groups is 1. The van der Waals surface area contributed by atoms with Gasteiger partial charge in [-0.3, -0.25) is 9.59 Å². The standard InChI is InChI=1S/C27H24FNO5/c1-33-21-11-3-17(4-12-21)15-16-29-24(18-7-13-22(34-2)14-8-18)23(26(31)27(29)32)25(30)19-5-9-20(28)10-6-19/h3-14,24,30H,15-16H2,1-2H3/b25-23-. The number of benzene rings is 3. The zero-order valence-corrected chi connectivity index (χ0v) is 18.8. The number of nitrogens with zero attached hydrogens (tertiary/aromatic N) is 1. The normalized spacial score (nSPS) is 17.1. The summed E-state index contributed by atoms with van der Waals surface area (Å²) in [4.78, 5) is 27.6. The van der Waals surface area contributed by atoms with Crippen LogP contribution in [0.15, 0.2) is 78.4 Å². The molecular formula is C27H24FNO5. The molecule has 0 spiro atoms. The Morgan fingerprint density at radius 1 is 0.882 bits per heavy atom. The minimum absolute atomic E-state index is 0.0310. The van der Waals surface area contributed by atoms with Gasteiger partial charge in [0.25, 0.3) is 11.7 Å². The van der Waals surface area contributed by atoms with E-state index in [-0.39, 0.29) is 23.4 Å². The van der Waals surface area contributed by atoms with E-state index in [4.69, 9.17) is 9.47 Å². The van der Waals surface area contributed by atoms with Gasteiger partial charge in [0.2, 0.25) is 0 Å². The fraction of sp³-hybridized carbons (Fsp3) is 0.185. The molecule has 1 saturated heterocycles. The van der Waals surface area contributed by atoms with E-state index in [1.54, 1.807) is 38.5 Å². The summed E-state index contributed by atoms with van der Waals surface area (Å²) in [6.45, 7) is 0.258. The van der Waals surface area contributed by atoms with Crippen LogP contribution in [0.4, 0.5) is 4.39 Å². The van der Waals surface area contributed by atoms with Crippen molar-refractivity contribution in [2.24, 2.45) is 0 Å². The summed E-state index contributed by atoms with van der Waals surface area (Å²) < 4.78 is 23.8. The third kappa shape index (κ3) is 4.50. The van der Waals surface area contributed by atoms with E-state index in [9.17, 15) is 19.1 Å². The third-order valence-corrected chi connectivity index (χ3v) is 5.89. The first-order valence-electron chi connectivity index (χ1n) is 10.7. The van der Waals surface area contributed by atoms with Gasteiger partial charge in [0, 0.05) is 12.1 Å². The topological polar surface area (TPSA) is 76.1 Å². The number of carbonyl (C=O) groups excluding carboxylic acids is 2. The van der Waals surface area contributed by atoms with Crippen LogP contribution in [-0.4, -0.2) is 42.5 Å². The lowest BCUT2D eigenvalue weighted by molar-refractivity contribution is -0.139. The predicted octanol–water partition coefficient (Wildman–Crippen LogP) is 4.51. The van der Waals surface area contributed by atoms with Crippen LogP contribution in [0.1, 0.15) is 22.7 Å². The summed E-state index contributed by atoms with van der Waals surface area (Å²) in [5.41, 5.74) is 1.85. The van der Waals surface area contributed by atoms with Crippen LogP contribution in [-0.2, 0) is 16.0 Å². The minimum Gasteiger partial charge on any atom is -0.507 e. The summed E-state index contributed by atoms with van der Waals surface area (Å²) >= 11 is 0. The molecule has 1 aliphatic rings. The van der Waals surface area contributed by atoms with Gasteiger partial charge in [0.05, 0.1) is 25.8 Å². The second kappa shape index (κ2) is 9.79. The Morgan fingerprint density at radius 3 is 2.00 bits per heavy atom. The molecule has 1 unspecified atom stereocenters. The van der Waals surface area contributed by atoms with Gasteiger partial charge in [0.15, 0.2) is 0 Å². The second-order valence-corrected chi connectivity index (χ2v) is 7.87. The Morgan fingerprint density at radius 2 is 1.44 bits per heavy atom. The lowest BCUT2D eigenvalue weighted by Gasteiger charge is -2.25. The van der Waals surface area contributed by atoms with Crippen molar-refractivity contribution in [1.29, 1.82) is 0 Å². The molecule has 0 saturated carbocycles. The summed E-state index contributed by atoms with van der Waals surface area (Å²) in [6.07, 6.45) is 0.500. The van der Waals surface area contributed by atoms with Crippen LogP contribution >= 0.6 is 0 Å². The highest BCUT2D eigenvalue weighted by Crippen LogP contribution is 2.40. The molecule has 3 aromatic rings. The molecule has 1 amide bonds. The fourth-order valence-electron chi connectivity index (χ4n) is 4.05. The number of methoxy groups -OCH3 is 2. The zero-order valence-electron chi connectivity index (χ0n) is 18.8. The number of hydrogen-bond acceptors (Lipinski definition) is 5. The largest absolute Gasteiger partial charge is 0.507 e. The SMILES string of the molecule is COc1ccc(CCN2C(=O)C(=O)/C(=C(\O)c3ccc(F)cc3)C2c2ccc(OC)cc2)cc1. The quantitative estimate of drug-likeness (QED) is 0.318. The van der Waals surface area contributed by atoms with Crippen molar-refractivity contribution >= 4 is 17.4 Å². The molecule has 3 aromatic carbocycles. The van der Waals surface area contributed by atoms with E-state index in [2.05, 4.69) is 0 Å². The van der Waals surface area contributed by atoms with Crippen LogP contribution in [0.5, 0.6) is 11.5 Å². The Bertz CT molecular complexity index is 1220. The molecule has 0 bridgehead atoms. The van der Waals surface area contributed by atoms with Crippen molar-refractivity contribution in [3.63, 3.8) is 0 Å².